The molecule has 2 nitrogen and oxygen atoms in total. The lowest BCUT2D eigenvalue weighted by Crippen LogP contribution is -2.20. The maximum absolute atomic E-state index is 14.4. The molecule has 0 radical (unpaired) electrons. The molecule has 7 heteroatoms. The first-order valence-electron chi connectivity index (χ1n) is 8.47. The van der Waals surface area contributed by atoms with Gasteiger partial charge in [0.25, 0.3) is 0 Å². The Kier molecular flexibility index (Phi) is 4.58. The maximum Gasteiger partial charge on any atom is 0.200 e. The Morgan fingerprint density at radius 1 is 0.714 bits per heavy atom. The summed E-state index contributed by atoms with van der Waals surface area (Å²) in [7, 11) is 0. The number of hydrogen-bond acceptors (Lipinski definition) is 2. The first kappa shape index (κ1) is 18.2. The molecule has 0 aliphatic carbocycles. The summed E-state index contributed by atoms with van der Waals surface area (Å²) in [6, 6.07) is 14.4. The zero-order valence-corrected chi connectivity index (χ0v) is 14.3. The first-order valence-corrected chi connectivity index (χ1v) is 8.47. The smallest absolute Gasteiger partial charge is 0.200 e. The van der Waals surface area contributed by atoms with Crippen LogP contribution in [0.5, 0.6) is 0 Å². The van der Waals surface area contributed by atoms with E-state index in [0.29, 0.717) is 22.6 Å². The molecule has 1 atom stereocenters. The molecular formula is C21H13F5N2. The molecule has 4 rings (SSSR count). The summed E-state index contributed by atoms with van der Waals surface area (Å²) in [5.41, 5.74) is 1.19. The minimum absolute atomic E-state index is 0.0724. The highest BCUT2D eigenvalue weighted by atomic mass is 19.2. The van der Waals surface area contributed by atoms with Gasteiger partial charge in [0, 0.05) is 6.42 Å². The Balaban J connectivity index is 1.90. The zero-order valence-electron chi connectivity index (χ0n) is 14.3. The van der Waals surface area contributed by atoms with Gasteiger partial charge in [-0.1, -0.05) is 42.5 Å². The highest BCUT2D eigenvalue weighted by molar-refractivity contribution is 6.04. The number of benzene rings is 3. The van der Waals surface area contributed by atoms with Gasteiger partial charge < -0.3 is 5.32 Å². The van der Waals surface area contributed by atoms with Gasteiger partial charge in [-0.15, -0.1) is 0 Å². The van der Waals surface area contributed by atoms with Crippen LogP contribution in [-0.4, -0.2) is 5.71 Å². The van der Waals surface area contributed by atoms with Gasteiger partial charge in [-0.2, -0.15) is 0 Å². The molecule has 3 aromatic rings. The molecule has 0 saturated heterocycles. The first-order chi connectivity index (χ1) is 13.5. The number of anilines is 1. The van der Waals surface area contributed by atoms with Crippen LogP contribution < -0.4 is 5.32 Å². The van der Waals surface area contributed by atoms with Gasteiger partial charge in [0.1, 0.15) is 0 Å². The van der Waals surface area contributed by atoms with E-state index in [9.17, 15) is 22.0 Å². The molecule has 0 fully saturated rings. The zero-order chi connectivity index (χ0) is 19.8. The number of halogens is 5. The fourth-order valence-electron chi connectivity index (χ4n) is 3.23. The lowest BCUT2D eigenvalue weighted by Gasteiger charge is -2.21. The van der Waals surface area contributed by atoms with Crippen molar-refractivity contribution in [3.63, 3.8) is 0 Å². The highest BCUT2D eigenvalue weighted by Gasteiger charge is 2.32. The van der Waals surface area contributed by atoms with E-state index in [4.69, 9.17) is 0 Å². The number of aliphatic imine (C=N–C) groups is 1. The molecule has 1 aliphatic rings. The number of fused-ring (bicyclic) bond motifs is 1. The van der Waals surface area contributed by atoms with Crippen LogP contribution in [0.2, 0.25) is 0 Å². The summed E-state index contributed by atoms with van der Waals surface area (Å²) < 4.78 is 69.8. The molecule has 142 valence electrons. The largest absolute Gasteiger partial charge is 0.376 e. The van der Waals surface area contributed by atoms with E-state index in [-0.39, 0.29) is 6.42 Å². The van der Waals surface area contributed by atoms with Crippen molar-refractivity contribution in [2.75, 3.05) is 5.32 Å². The summed E-state index contributed by atoms with van der Waals surface area (Å²) in [6.45, 7) is 0. The van der Waals surface area contributed by atoms with E-state index in [0.717, 1.165) is 0 Å². The van der Waals surface area contributed by atoms with Crippen LogP contribution in [0, 0.1) is 29.1 Å². The van der Waals surface area contributed by atoms with Crippen molar-refractivity contribution in [2.45, 2.75) is 12.5 Å². The van der Waals surface area contributed by atoms with E-state index >= 15 is 0 Å². The van der Waals surface area contributed by atoms with Gasteiger partial charge in [-0.25, -0.2) is 22.0 Å². The molecule has 0 aromatic heterocycles. The highest BCUT2D eigenvalue weighted by Crippen LogP contribution is 2.38. The molecular weight excluding hydrogens is 375 g/mol. The van der Waals surface area contributed by atoms with Gasteiger partial charge in [0.2, 0.25) is 5.82 Å². The Morgan fingerprint density at radius 2 is 1.29 bits per heavy atom. The molecule has 0 bridgehead atoms. The average Bonchev–Trinajstić information content (AvgIpc) is 2.91. The van der Waals surface area contributed by atoms with Gasteiger partial charge in [0.15, 0.2) is 23.3 Å². The molecule has 28 heavy (non-hydrogen) atoms. The topological polar surface area (TPSA) is 24.4 Å². The third kappa shape index (κ3) is 3.02. The number of nitrogens with zero attached hydrogens (tertiary/aromatic N) is 1. The lowest BCUT2D eigenvalue weighted by atomic mass is 9.96. The second-order valence-electron chi connectivity index (χ2n) is 6.33. The molecule has 0 saturated carbocycles. The number of nitrogens with one attached hydrogen (secondary N) is 1. The minimum atomic E-state index is -2.18. The molecule has 1 unspecified atom stereocenters. The number of para-hydroxylation sites is 2. The van der Waals surface area contributed by atoms with E-state index < -0.39 is 40.7 Å². The third-order valence-electron chi connectivity index (χ3n) is 4.59. The van der Waals surface area contributed by atoms with Gasteiger partial charge in [-0.3, -0.25) is 4.99 Å². The van der Waals surface area contributed by atoms with Crippen LogP contribution in [0.4, 0.5) is 33.3 Å². The van der Waals surface area contributed by atoms with Crippen LogP contribution in [0.3, 0.4) is 0 Å². The van der Waals surface area contributed by atoms with Crippen molar-refractivity contribution in [3.05, 3.63) is 94.8 Å². The number of rotatable bonds is 2. The summed E-state index contributed by atoms with van der Waals surface area (Å²) in [5, 5.41) is 2.88. The summed E-state index contributed by atoms with van der Waals surface area (Å²) in [5.74, 6) is -9.80. The van der Waals surface area contributed by atoms with Gasteiger partial charge in [-0.05, 0) is 17.7 Å². The SMILES string of the molecule is Fc1c(F)c(F)c(C2CC(c3ccccc3)=Nc3ccccc3N2)c(F)c1F. The van der Waals surface area contributed by atoms with Crippen LogP contribution >= 0.6 is 0 Å². The van der Waals surface area contributed by atoms with Crippen LogP contribution in [0.1, 0.15) is 23.6 Å². The van der Waals surface area contributed by atoms with E-state index in [1.807, 2.05) is 0 Å². The van der Waals surface area contributed by atoms with Crippen molar-refractivity contribution in [3.8, 4) is 0 Å². The van der Waals surface area contributed by atoms with Crippen molar-refractivity contribution in [1.82, 2.24) is 0 Å². The van der Waals surface area contributed by atoms with Gasteiger partial charge in [0.05, 0.1) is 28.7 Å². The Bertz CT molecular complexity index is 1050. The number of hydrogen-bond donors (Lipinski definition) is 1. The average molecular weight is 388 g/mol. The van der Waals surface area contributed by atoms with Crippen LogP contribution in [0.25, 0.3) is 0 Å². The molecule has 1 heterocycles. The Hall–Kier alpha value is -3.22. The maximum atomic E-state index is 14.4. The molecule has 1 N–H and O–H groups in total. The standard InChI is InChI=1S/C21H13F5N2/c22-17-16(18(23)20(25)21(26)19(17)24)15-10-14(11-6-2-1-3-7-11)27-12-8-4-5-9-13(12)28-15/h1-9,15,28H,10H2. The Labute approximate surface area is 157 Å². The lowest BCUT2D eigenvalue weighted by molar-refractivity contribution is 0.366. The molecule has 0 amide bonds. The summed E-state index contributed by atoms with van der Waals surface area (Å²) >= 11 is 0. The van der Waals surface area contributed by atoms with Crippen molar-refractivity contribution in [2.24, 2.45) is 4.99 Å². The summed E-state index contributed by atoms with van der Waals surface area (Å²) in [4.78, 5) is 4.55. The van der Waals surface area contributed by atoms with E-state index in [1.165, 1.54) is 0 Å². The second-order valence-corrected chi connectivity index (χ2v) is 6.33. The predicted molar refractivity (Wildman–Crippen MR) is 96.3 cm³/mol. The van der Waals surface area contributed by atoms with Crippen LogP contribution in [0.15, 0.2) is 59.6 Å². The molecule has 1 aliphatic heterocycles. The monoisotopic (exact) mass is 388 g/mol. The van der Waals surface area contributed by atoms with Crippen LogP contribution in [-0.2, 0) is 0 Å². The summed E-state index contributed by atoms with van der Waals surface area (Å²) in [6.07, 6.45) is -0.0724. The molecule has 0 spiro atoms. The quantitative estimate of drug-likeness (QED) is 0.322. The minimum Gasteiger partial charge on any atom is -0.376 e. The fourth-order valence-corrected chi connectivity index (χ4v) is 3.23. The van der Waals surface area contributed by atoms with Gasteiger partial charge >= 0.3 is 0 Å². The van der Waals surface area contributed by atoms with Crippen molar-refractivity contribution in [1.29, 1.82) is 0 Å². The van der Waals surface area contributed by atoms with E-state index in [2.05, 4.69) is 10.3 Å². The predicted octanol–water partition coefficient (Wildman–Crippen LogP) is 6.06. The fraction of sp³-hybridized carbons (Fsp3) is 0.0952. The normalized spacial score (nSPS) is 16.0. The van der Waals surface area contributed by atoms with E-state index in [1.54, 1.807) is 54.6 Å². The van der Waals surface area contributed by atoms with Crippen molar-refractivity contribution >= 4 is 17.1 Å². The third-order valence-corrected chi connectivity index (χ3v) is 4.59. The Morgan fingerprint density at radius 3 is 1.96 bits per heavy atom. The second kappa shape index (κ2) is 7.07. The molecule has 3 aromatic carbocycles. The van der Waals surface area contributed by atoms with Crippen molar-refractivity contribution < 1.29 is 22.0 Å².